The Balaban J connectivity index is 1.84. The first-order valence-electron chi connectivity index (χ1n) is 7.95. The van der Waals surface area contributed by atoms with Gasteiger partial charge in [0.1, 0.15) is 5.69 Å². The van der Waals surface area contributed by atoms with Gasteiger partial charge in [0.2, 0.25) is 11.8 Å². The molecule has 1 aromatic rings. The molecule has 0 amide bonds. The first-order chi connectivity index (χ1) is 10.3. The minimum atomic E-state index is 0.242. The first-order valence-corrected chi connectivity index (χ1v) is 7.95. The van der Waals surface area contributed by atoms with Crippen molar-refractivity contribution >= 4 is 0 Å². The van der Waals surface area contributed by atoms with E-state index in [-0.39, 0.29) is 6.04 Å². The minimum absolute atomic E-state index is 0.242. The van der Waals surface area contributed by atoms with Crippen molar-refractivity contribution in [2.24, 2.45) is 17.8 Å². The molecule has 1 N–H and O–H groups in total. The number of nitrogens with zero attached hydrogens (tertiary/aromatic N) is 2. The average molecular weight is 291 g/mol. The molecule has 2 aliphatic carbocycles. The van der Waals surface area contributed by atoms with Gasteiger partial charge in [-0.1, -0.05) is 6.92 Å². The molecule has 5 nitrogen and oxygen atoms in total. The molecule has 0 aliphatic heterocycles. The van der Waals surface area contributed by atoms with Crippen LogP contribution >= 0.6 is 0 Å². The Kier molecular flexibility index (Phi) is 4.29. The van der Waals surface area contributed by atoms with Gasteiger partial charge in [0.05, 0.1) is 26.5 Å². The van der Waals surface area contributed by atoms with Crippen molar-refractivity contribution in [1.82, 2.24) is 15.3 Å². The van der Waals surface area contributed by atoms with E-state index in [1.165, 1.54) is 19.3 Å². The Morgan fingerprint density at radius 2 is 2.00 bits per heavy atom. The monoisotopic (exact) mass is 291 g/mol. The normalized spacial score (nSPS) is 28.0. The summed E-state index contributed by atoms with van der Waals surface area (Å²) in [5.74, 6) is 3.65. The molecule has 2 saturated carbocycles. The van der Waals surface area contributed by atoms with Crippen LogP contribution in [0.4, 0.5) is 0 Å². The van der Waals surface area contributed by atoms with Gasteiger partial charge in [-0.05, 0) is 50.0 Å². The van der Waals surface area contributed by atoms with E-state index in [2.05, 4.69) is 22.2 Å². The predicted octanol–water partition coefficient (Wildman–Crippen LogP) is 2.58. The SMILES string of the molecule is CCCNC(c1ncc(OC)nc1OC)C1CC2CC2C1. The molecule has 2 aliphatic rings. The second-order valence-corrected chi connectivity index (χ2v) is 6.23. The van der Waals surface area contributed by atoms with Gasteiger partial charge in [-0.15, -0.1) is 0 Å². The summed E-state index contributed by atoms with van der Waals surface area (Å²) in [5.41, 5.74) is 0.929. The third-order valence-electron chi connectivity index (χ3n) is 4.81. The van der Waals surface area contributed by atoms with Gasteiger partial charge in [0, 0.05) is 0 Å². The molecular formula is C16H25N3O2. The van der Waals surface area contributed by atoms with Gasteiger partial charge in [0.15, 0.2) is 0 Å². The van der Waals surface area contributed by atoms with Crippen LogP contribution in [0, 0.1) is 17.8 Å². The van der Waals surface area contributed by atoms with Crippen molar-refractivity contribution in [2.75, 3.05) is 20.8 Å². The topological polar surface area (TPSA) is 56.3 Å². The van der Waals surface area contributed by atoms with Crippen LogP contribution in [0.15, 0.2) is 6.20 Å². The largest absolute Gasteiger partial charge is 0.480 e. The third kappa shape index (κ3) is 2.98. The van der Waals surface area contributed by atoms with Gasteiger partial charge in [-0.2, -0.15) is 4.98 Å². The molecule has 0 saturated heterocycles. The molecule has 0 radical (unpaired) electrons. The van der Waals surface area contributed by atoms with Crippen LogP contribution in [0.2, 0.25) is 0 Å². The molecule has 116 valence electrons. The fraction of sp³-hybridized carbons (Fsp3) is 0.750. The molecule has 2 fully saturated rings. The summed E-state index contributed by atoms with van der Waals surface area (Å²) in [6.07, 6.45) is 6.85. The highest BCUT2D eigenvalue weighted by Gasteiger charge is 2.48. The number of fused-ring (bicyclic) bond motifs is 1. The number of rotatable bonds is 7. The van der Waals surface area contributed by atoms with Crippen molar-refractivity contribution in [3.05, 3.63) is 11.9 Å². The standard InChI is InChI=1S/C16H25N3O2/c1-4-5-17-14(12-7-10-6-11(10)8-12)15-16(21-3)19-13(20-2)9-18-15/h9-12,14,17H,4-8H2,1-3H3. The van der Waals surface area contributed by atoms with E-state index >= 15 is 0 Å². The summed E-state index contributed by atoms with van der Waals surface area (Å²) < 4.78 is 10.6. The zero-order valence-corrected chi connectivity index (χ0v) is 13.1. The van der Waals surface area contributed by atoms with E-state index in [0.717, 1.165) is 30.5 Å². The van der Waals surface area contributed by atoms with Gasteiger partial charge < -0.3 is 14.8 Å². The molecule has 3 atom stereocenters. The van der Waals surface area contributed by atoms with E-state index in [4.69, 9.17) is 9.47 Å². The molecule has 0 bridgehead atoms. The lowest BCUT2D eigenvalue weighted by molar-refractivity contribution is 0.307. The summed E-state index contributed by atoms with van der Waals surface area (Å²) in [4.78, 5) is 8.98. The average Bonchev–Trinajstić information content (AvgIpc) is 3.14. The second-order valence-electron chi connectivity index (χ2n) is 6.23. The minimum Gasteiger partial charge on any atom is -0.480 e. The highest BCUT2D eigenvalue weighted by atomic mass is 16.5. The fourth-order valence-electron chi connectivity index (χ4n) is 3.65. The molecule has 1 aromatic heterocycles. The lowest BCUT2D eigenvalue weighted by Crippen LogP contribution is -2.30. The van der Waals surface area contributed by atoms with Crippen LogP contribution in [0.1, 0.15) is 44.3 Å². The molecule has 21 heavy (non-hydrogen) atoms. The number of aromatic nitrogens is 2. The van der Waals surface area contributed by atoms with Crippen LogP contribution in [0.3, 0.4) is 0 Å². The van der Waals surface area contributed by atoms with Crippen LogP contribution in [0.25, 0.3) is 0 Å². The fourth-order valence-corrected chi connectivity index (χ4v) is 3.65. The first kappa shape index (κ1) is 14.6. The van der Waals surface area contributed by atoms with Crippen LogP contribution in [-0.4, -0.2) is 30.7 Å². The van der Waals surface area contributed by atoms with Gasteiger partial charge in [-0.25, -0.2) is 4.98 Å². The van der Waals surface area contributed by atoms with Crippen LogP contribution in [-0.2, 0) is 0 Å². The molecular weight excluding hydrogens is 266 g/mol. The summed E-state index contributed by atoms with van der Waals surface area (Å²) >= 11 is 0. The molecule has 3 rings (SSSR count). The maximum absolute atomic E-state index is 5.45. The molecule has 1 heterocycles. The van der Waals surface area contributed by atoms with Gasteiger partial charge >= 0.3 is 0 Å². The van der Waals surface area contributed by atoms with E-state index in [9.17, 15) is 0 Å². The summed E-state index contributed by atoms with van der Waals surface area (Å²) in [5, 5.41) is 3.66. The smallest absolute Gasteiger partial charge is 0.240 e. The lowest BCUT2D eigenvalue weighted by Gasteiger charge is -2.26. The van der Waals surface area contributed by atoms with Crippen molar-refractivity contribution in [1.29, 1.82) is 0 Å². The number of nitrogens with one attached hydrogen (secondary N) is 1. The van der Waals surface area contributed by atoms with Crippen LogP contribution in [0.5, 0.6) is 11.8 Å². The Morgan fingerprint density at radius 1 is 1.24 bits per heavy atom. The third-order valence-corrected chi connectivity index (χ3v) is 4.81. The summed E-state index contributed by atoms with van der Waals surface area (Å²) in [6.45, 7) is 3.18. The van der Waals surface area contributed by atoms with E-state index in [0.29, 0.717) is 17.7 Å². The highest BCUT2D eigenvalue weighted by molar-refractivity contribution is 5.27. The number of hydrogen-bond donors (Lipinski definition) is 1. The van der Waals surface area contributed by atoms with E-state index < -0.39 is 0 Å². The van der Waals surface area contributed by atoms with Crippen molar-refractivity contribution in [2.45, 2.75) is 38.6 Å². The molecule has 3 unspecified atom stereocenters. The van der Waals surface area contributed by atoms with E-state index in [1.54, 1.807) is 20.4 Å². The molecule has 0 spiro atoms. The van der Waals surface area contributed by atoms with Gasteiger partial charge in [0.25, 0.3) is 0 Å². The Labute approximate surface area is 126 Å². The van der Waals surface area contributed by atoms with Crippen molar-refractivity contribution < 1.29 is 9.47 Å². The maximum Gasteiger partial charge on any atom is 0.240 e. The molecule has 5 heteroatoms. The number of hydrogen-bond acceptors (Lipinski definition) is 5. The Hall–Kier alpha value is -1.36. The Bertz CT molecular complexity index is 484. The second kappa shape index (κ2) is 6.18. The highest BCUT2D eigenvalue weighted by Crippen LogP contribution is 2.57. The quantitative estimate of drug-likeness (QED) is 0.837. The van der Waals surface area contributed by atoms with E-state index in [1.807, 2.05) is 0 Å². The van der Waals surface area contributed by atoms with Crippen molar-refractivity contribution in [3.8, 4) is 11.8 Å². The predicted molar refractivity (Wildman–Crippen MR) is 80.5 cm³/mol. The summed E-state index contributed by atoms with van der Waals surface area (Å²) in [6, 6.07) is 0.242. The molecule has 0 aromatic carbocycles. The maximum atomic E-state index is 5.45. The zero-order valence-electron chi connectivity index (χ0n) is 13.1. The zero-order chi connectivity index (χ0) is 14.8. The number of methoxy groups -OCH3 is 2. The summed E-state index contributed by atoms with van der Waals surface area (Å²) in [7, 11) is 3.25. The Morgan fingerprint density at radius 3 is 2.62 bits per heavy atom. The van der Waals surface area contributed by atoms with Crippen LogP contribution < -0.4 is 14.8 Å². The van der Waals surface area contributed by atoms with Crippen molar-refractivity contribution in [3.63, 3.8) is 0 Å². The number of ether oxygens (including phenoxy) is 2. The lowest BCUT2D eigenvalue weighted by atomic mass is 9.92. The van der Waals surface area contributed by atoms with Gasteiger partial charge in [-0.3, -0.25) is 0 Å².